The molecule has 3 rings (SSSR count). The molecule has 2 aromatic heterocycles. The van der Waals surface area contributed by atoms with Gasteiger partial charge in [-0.15, -0.1) is 11.3 Å². The number of aromatic nitrogens is 2. The Morgan fingerprint density at radius 1 is 1.25 bits per heavy atom. The normalized spacial score (nSPS) is 10.9. The maximum Gasteiger partial charge on any atom is 0.166 e. The van der Waals surface area contributed by atoms with Crippen molar-refractivity contribution >= 4 is 27.4 Å². The van der Waals surface area contributed by atoms with Crippen LogP contribution in [-0.2, 0) is 0 Å². The number of hydrogen-bond acceptors (Lipinski definition) is 4. The van der Waals surface area contributed by atoms with E-state index in [-0.39, 0.29) is 5.82 Å². The molecule has 1 aromatic carbocycles. The number of benzene rings is 1. The molecule has 0 saturated heterocycles. The maximum absolute atomic E-state index is 13.9. The van der Waals surface area contributed by atoms with Crippen LogP contribution in [0.15, 0.2) is 30.3 Å². The molecular weight excluding hydrogens is 273 g/mol. The minimum absolute atomic E-state index is 0.303. The molecule has 0 radical (unpaired) electrons. The van der Waals surface area contributed by atoms with E-state index in [1.165, 1.54) is 10.9 Å². The SMILES string of the molecule is CCNc1nc(-c2ccccc2F)nc2sc(C)cc12. The zero-order valence-electron chi connectivity index (χ0n) is 11.3. The molecule has 0 bridgehead atoms. The number of anilines is 1. The summed E-state index contributed by atoms with van der Waals surface area (Å²) in [5.74, 6) is 0.885. The van der Waals surface area contributed by atoms with Gasteiger partial charge in [-0.3, -0.25) is 0 Å². The quantitative estimate of drug-likeness (QED) is 0.783. The number of hydrogen-bond donors (Lipinski definition) is 1. The minimum Gasteiger partial charge on any atom is -0.370 e. The monoisotopic (exact) mass is 287 g/mol. The number of nitrogens with one attached hydrogen (secondary N) is 1. The van der Waals surface area contributed by atoms with E-state index in [2.05, 4.69) is 21.4 Å². The lowest BCUT2D eigenvalue weighted by molar-refractivity contribution is 0.630. The first-order valence-electron chi connectivity index (χ1n) is 6.46. The second-order valence-electron chi connectivity index (χ2n) is 4.48. The lowest BCUT2D eigenvalue weighted by Crippen LogP contribution is -2.02. The number of fused-ring (bicyclic) bond motifs is 1. The van der Waals surface area contributed by atoms with Gasteiger partial charge in [0.15, 0.2) is 5.82 Å². The average molecular weight is 287 g/mol. The van der Waals surface area contributed by atoms with Gasteiger partial charge in [0.2, 0.25) is 0 Å². The van der Waals surface area contributed by atoms with Crippen LogP contribution in [0.2, 0.25) is 0 Å². The number of aryl methyl sites for hydroxylation is 1. The first-order valence-corrected chi connectivity index (χ1v) is 7.27. The van der Waals surface area contributed by atoms with Crippen LogP contribution in [0.1, 0.15) is 11.8 Å². The molecule has 0 saturated carbocycles. The van der Waals surface area contributed by atoms with Gasteiger partial charge in [0.05, 0.1) is 10.9 Å². The van der Waals surface area contributed by atoms with Crippen molar-refractivity contribution in [2.45, 2.75) is 13.8 Å². The maximum atomic E-state index is 13.9. The number of rotatable bonds is 3. The Balaban J connectivity index is 2.24. The first-order chi connectivity index (χ1) is 9.69. The second-order valence-corrected chi connectivity index (χ2v) is 5.72. The second kappa shape index (κ2) is 5.17. The third-order valence-electron chi connectivity index (χ3n) is 2.97. The number of nitrogens with zero attached hydrogens (tertiary/aromatic N) is 2. The Morgan fingerprint density at radius 2 is 2.05 bits per heavy atom. The molecule has 0 unspecified atom stereocenters. The molecule has 0 aliphatic carbocycles. The summed E-state index contributed by atoms with van der Waals surface area (Å²) in [5.41, 5.74) is 0.430. The molecule has 0 fully saturated rings. The van der Waals surface area contributed by atoms with Gasteiger partial charge in [0.25, 0.3) is 0 Å². The van der Waals surface area contributed by atoms with Crippen LogP contribution in [0.5, 0.6) is 0 Å². The predicted molar refractivity (Wildman–Crippen MR) is 81.7 cm³/mol. The topological polar surface area (TPSA) is 37.8 Å². The molecule has 0 aliphatic heterocycles. The summed E-state index contributed by atoms with van der Waals surface area (Å²) in [6, 6.07) is 8.64. The van der Waals surface area contributed by atoms with E-state index >= 15 is 0 Å². The van der Waals surface area contributed by atoms with Crippen LogP contribution in [0.25, 0.3) is 21.6 Å². The van der Waals surface area contributed by atoms with Crippen molar-refractivity contribution in [3.05, 3.63) is 41.0 Å². The van der Waals surface area contributed by atoms with Crippen LogP contribution in [0.4, 0.5) is 10.2 Å². The van der Waals surface area contributed by atoms with E-state index in [1.807, 2.05) is 13.8 Å². The highest BCUT2D eigenvalue weighted by molar-refractivity contribution is 7.18. The highest BCUT2D eigenvalue weighted by Crippen LogP contribution is 2.31. The summed E-state index contributed by atoms with van der Waals surface area (Å²) < 4.78 is 13.9. The fourth-order valence-electron chi connectivity index (χ4n) is 2.11. The Hall–Kier alpha value is -2.01. The molecule has 3 aromatic rings. The molecule has 20 heavy (non-hydrogen) atoms. The Kier molecular flexibility index (Phi) is 3.36. The third kappa shape index (κ3) is 2.25. The summed E-state index contributed by atoms with van der Waals surface area (Å²) in [6.45, 7) is 4.80. The number of thiophene rings is 1. The lowest BCUT2D eigenvalue weighted by atomic mass is 10.2. The van der Waals surface area contributed by atoms with Crippen molar-refractivity contribution < 1.29 is 4.39 Å². The van der Waals surface area contributed by atoms with E-state index in [1.54, 1.807) is 29.5 Å². The van der Waals surface area contributed by atoms with E-state index in [0.717, 1.165) is 22.6 Å². The smallest absolute Gasteiger partial charge is 0.166 e. The lowest BCUT2D eigenvalue weighted by Gasteiger charge is -2.07. The van der Waals surface area contributed by atoms with Gasteiger partial charge in [-0.25, -0.2) is 14.4 Å². The van der Waals surface area contributed by atoms with E-state index in [0.29, 0.717) is 11.4 Å². The van der Waals surface area contributed by atoms with Crippen molar-refractivity contribution in [1.29, 1.82) is 0 Å². The standard InChI is InChI=1S/C15H14FN3S/c1-3-17-13-11-8-9(2)20-15(11)19-14(18-13)10-6-4-5-7-12(10)16/h4-8H,3H2,1-2H3,(H,17,18,19). The molecule has 3 nitrogen and oxygen atoms in total. The first kappa shape index (κ1) is 13.0. The average Bonchev–Trinajstić information content (AvgIpc) is 2.80. The molecule has 102 valence electrons. The van der Waals surface area contributed by atoms with Crippen molar-refractivity contribution in [2.24, 2.45) is 0 Å². The van der Waals surface area contributed by atoms with Crippen LogP contribution in [0.3, 0.4) is 0 Å². The summed E-state index contributed by atoms with van der Waals surface area (Å²) in [4.78, 5) is 11.0. The Bertz CT molecular complexity index is 767. The summed E-state index contributed by atoms with van der Waals surface area (Å²) in [6.07, 6.45) is 0. The van der Waals surface area contributed by atoms with E-state index in [4.69, 9.17) is 0 Å². The highest BCUT2D eigenvalue weighted by atomic mass is 32.1. The van der Waals surface area contributed by atoms with Crippen molar-refractivity contribution in [3.8, 4) is 11.4 Å². The summed E-state index contributed by atoms with van der Waals surface area (Å²) >= 11 is 1.59. The molecule has 2 heterocycles. The van der Waals surface area contributed by atoms with Gasteiger partial charge >= 0.3 is 0 Å². The molecule has 0 spiro atoms. The van der Waals surface area contributed by atoms with Crippen LogP contribution in [0, 0.1) is 12.7 Å². The van der Waals surface area contributed by atoms with Crippen molar-refractivity contribution in [1.82, 2.24) is 9.97 Å². The fourth-order valence-corrected chi connectivity index (χ4v) is 2.99. The summed E-state index contributed by atoms with van der Waals surface area (Å²) in [7, 11) is 0. The third-order valence-corrected chi connectivity index (χ3v) is 3.92. The number of halogens is 1. The molecular formula is C15H14FN3S. The minimum atomic E-state index is -0.303. The van der Waals surface area contributed by atoms with Crippen LogP contribution in [-0.4, -0.2) is 16.5 Å². The molecule has 0 amide bonds. The van der Waals surface area contributed by atoms with Gasteiger partial charge in [-0.1, -0.05) is 12.1 Å². The van der Waals surface area contributed by atoms with Gasteiger partial charge in [0, 0.05) is 11.4 Å². The fraction of sp³-hybridized carbons (Fsp3) is 0.200. The zero-order chi connectivity index (χ0) is 14.1. The predicted octanol–water partition coefficient (Wildman–Crippen LogP) is 4.24. The van der Waals surface area contributed by atoms with Crippen molar-refractivity contribution in [2.75, 3.05) is 11.9 Å². The van der Waals surface area contributed by atoms with E-state index < -0.39 is 0 Å². The molecule has 1 N–H and O–H groups in total. The Labute approximate surface area is 120 Å². The van der Waals surface area contributed by atoms with Gasteiger partial charge in [0.1, 0.15) is 16.5 Å². The summed E-state index contributed by atoms with van der Waals surface area (Å²) in [5, 5.41) is 4.22. The van der Waals surface area contributed by atoms with Gasteiger partial charge < -0.3 is 5.32 Å². The van der Waals surface area contributed by atoms with E-state index in [9.17, 15) is 4.39 Å². The van der Waals surface area contributed by atoms with Crippen LogP contribution >= 0.6 is 11.3 Å². The highest BCUT2D eigenvalue weighted by Gasteiger charge is 2.13. The molecule has 0 atom stereocenters. The largest absolute Gasteiger partial charge is 0.370 e. The van der Waals surface area contributed by atoms with Crippen LogP contribution < -0.4 is 5.32 Å². The molecule has 0 aliphatic rings. The van der Waals surface area contributed by atoms with Gasteiger partial charge in [-0.05, 0) is 32.0 Å². The Morgan fingerprint density at radius 3 is 2.80 bits per heavy atom. The zero-order valence-corrected chi connectivity index (χ0v) is 12.1. The molecule has 5 heteroatoms. The van der Waals surface area contributed by atoms with Gasteiger partial charge in [-0.2, -0.15) is 0 Å². The van der Waals surface area contributed by atoms with Crippen molar-refractivity contribution in [3.63, 3.8) is 0 Å².